The van der Waals surface area contributed by atoms with E-state index in [0.717, 1.165) is 40.4 Å². The third-order valence-corrected chi connectivity index (χ3v) is 7.17. The van der Waals surface area contributed by atoms with E-state index in [0.29, 0.717) is 37.3 Å². The summed E-state index contributed by atoms with van der Waals surface area (Å²) in [7, 11) is 3.47. The first kappa shape index (κ1) is 23.9. The van der Waals surface area contributed by atoms with Crippen LogP contribution in [0.1, 0.15) is 58.2 Å². The molecule has 186 valence electrons. The number of carbonyl (C=O) groups excluding carboxylic acids is 3. The van der Waals surface area contributed by atoms with Crippen LogP contribution in [0.5, 0.6) is 0 Å². The van der Waals surface area contributed by atoms with Crippen LogP contribution in [0.3, 0.4) is 0 Å². The van der Waals surface area contributed by atoms with Gasteiger partial charge in [-0.15, -0.1) is 0 Å². The van der Waals surface area contributed by atoms with Gasteiger partial charge in [-0.05, 0) is 47.7 Å². The maximum atomic E-state index is 13.8. The molecule has 7 nitrogen and oxygen atoms in total. The zero-order valence-corrected chi connectivity index (χ0v) is 21.1. The number of hydrogen-bond acceptors (Lipinski definition) is 3. The molecule has 3 amide bonds. The minimum absolute atomic E-state index is 0.0171. The number of carbonyl (C=O) groups is 3. The summed E-state index contributed by atoms with van der Waals surface area (Å²) in [5.74, 6) is -0.101. The second-order valence-corrected chi connectivity index (χ2v) is 9.86. The van der Waals surface area contributed by atoms with Crippen molar-refractivity contribution in [1.29, 1.82) is 0 Å². The van der Waals surface area contributed by atoms with Crippen molar-refractivity contribution in [3.8, 4) is 0 Å². The van der Waals surface area contributed by atoms with Crippen molar-refractivity contribution in [3.05, 3.63) is 77.0 Å². The topological polar surface area (TPSA) is 76.7 Å². The van der Waals surface area contributed by atoms with Gasteiger partial charge in [0.05, 0.1) is 0 Å². The molecular formula is C29H32N4O3. The van der Waals surface area contributed by atoms with Gasteiger partial charge in [-0.2, -0.15) is 0 Å². The van der Waals surface area contributed by atoms with Crippen molar-refractivity contribution < 1.29 is 14.4 Å². The number of nitrogens with one attached hydrogen (secondary N) is 1. The molecule has 5 rings (SSSR count). The van der Waals surface area contributed by atoms with Crippen LogP contribution in [0.25, 0.3) is 16.5 Å². The average Bonchev–Trinajstić information content (AvgIpc) is 3.47. The first-order valence-corrected chi connectivity index (χ1v) is 12.6. The molecule has 2 aromatic carbocycles. The van der Waals surface area contributed by atoms with Gasteiger partial charge in [0.25, 0.3) is 11.8 Å². The summed E-state index contributed by atoms with van der Waals surface area (Å²) >= 11 is 0. The van der Waals surface area contributed by atoms with Gasteiger partial charge in [-0.3, -0.25) is 14.4 Å². The largest absolute Gasteiger partial charge is 0.351 e. The summed E-state index contributed by atoms with van der Waals surface area (Å²) in [5, 5.41) is 0.975. The highest BCUT2D eigenvalue weighted by Crippen LogP contribution is 2.29. The summed E-state index contributed by atoms with van der Waals surface area (Å²) in [6, 6.07) is 15.1. The Kier molecular flexibility index (Phi) is 6.39. The lowest BCUT2D eigenvalue weighted by molar-refractivity contribution is -0.136. The second kappa shape index (κ2) is 9.64. The van der Waals surface area contributed by atoms with Crippen LogP contribution < -0.4 is 0 Å². The molecule has 0 radical (unpaired) electrons. The third-order valence-electron chi connectivity index (χ3n) is 7.17. The third kappa shape index (κ3) is 4.30. The highest BCUT2D eigenvalue weighted by molar-refractivity contribution is 6.01. The van der Waals surface area contributed by atoms with E-state index in [1.807, 2.05) is 53.4 Å². The maximum Gasteiger partial charge on any atom is 0.269 e. The number of fused-ring (bicyclic) bond motifs is 2. The van der Waals surface area contributed by atoms with Gasteiger partial charge >= 0.3 is 0 Å². The van der Waals surface area contributed by atoms with E-state index in [2.05, 4.69) is 18.0 Å². The molecular weight excluding hydrogens is 452 g/mol. The van der Waals surface area contributed by atoms with Crippen LogP contribution >= 0.6 is 0 Å². The summed E-state index contributed by atoms with van der Waals surface area (Å²) in [6.07, 6.45) is 4.42. The summed E-state index contributed by atoms with van der Waals surface area (Å²) in [6.45, 7) is 3.68. The molecule has 0 bridgehead atoms. The van der Waals surface area contributed by atoms with Gasteiger partial charge in [0.1, 0.15) is 11.7 Å². The fourth-order valence-electron chi connectivity index (χ4n) is 5.25. The molecule has 0 saturated heterocycles. The average molecular weight is 485 g/mol. The second-order valence-electron chi connectivity index (χ2n) is 9.86. The normalized spacial score (nSPS) is 16.2. The highest BCUT2D eigenvalue weighted by Gasteiger charge is 2.38. The van der Waals surface area contributed by atoms with Crippen LogP contribution in [-0.4, -0.2) is 70.6 Å². The van der Waals surface area contributed by atoms with Gasteiger partial charge in [-0.1, -0.05) is 49.8 Å². The smallest absolute Gasteiger partial charge is 0.269 e. The molecule has 1 N–H and O–H groups in total. The first-order valence-electron chi connectivity index (χ1n) is 12.6. The Morgan fingerprint density at radius 2 is 1.89 bits per heavy atom. The van der Waals surface area contributed by atoms with Crippen molar-refractivity contribution in [2.75, 3.05) is 27.2 Å². The first-order chi connectivity index (χ1) is 17.4. The fourth-order valence-corrected chi connectivity index (χ4v) is 5.25. The van der Waals surface area contributed by atoms with Crippen molar-refractivity contribution in [2.24, 2.45) is 0 Å². The fraction of sp³-hybridized carbons (Fsp3) is 0.345. The molecule has 0 spiro atoms. The monoisotopic (exact) mass is 484 g/mol. The lowest BCUT2D eigenvalue weighted by atomic mass is 9.99. The van der Waals surface area contributed by atoms with Crippen molar-refractivity contribution >= 4 is 34.2 Å². The van der Waals surface area contributed by atoms with Crippen molar-refractivity contribution in [2.45, 2.75) is 38.8 Å². The number of amides is 3. The molecule has 0 fully saturated rings. The summed E-state index contributed by atoms with van der Waals surface area (Å²) in [4.78, 5) is 47.7. The molecule has 36 heavy (non-hydrogen) atoms. The van der Waals surface area contributed by atoms with Crippen LogP contribution in [0, 0.1) is 0 Å². The number of nitrogens with zero attached hydrogens (tertiary/aromatic N) is 3. The van der Waals surface area contributed by atoms with E-state index < -0.39 is 6.04 Å². The molecule has 3 heterocycles. The number of hydrogen-bond donors (Lipinski definition) is 1. The summed E-state index contributed by atoms with van der Waals surface area (Å²) < 4.78 is 0. The Labute approximate surface area is 211 Å². The molecule has 0 unspecified atom stereocenters. The van der Waals surface area contributed by atoms with Crippen molar-refractivity contribution in [3.63, 3.8) is 0 Å². The molecule has 2 aliphatic heterocycles. The van der Waals surface area contributed by atoms with Crippen molar-refractivity contribution in [1.82, 2.24) is 19.7 Å². The molecule has 1 aromatic heterocycles. The van der Waals surface area contributed by atoms with Crippen LogP contribution in [0.15, 0.2) is 54.6 Å². The predicted octanol–water partition coefficient (Wildman–Crippen LogP) is 4.31. The quantitative estimate of drug-likeness (QED) is 0.567. The Hall–Kier alpha value is -3.87. The number of rotatable bonds is 6. The van der Waals surface area contributed by atoms with E-state index in [9.17, 15) is 14.4 Å². The van der Waals surface area contributed by atoms with E-state index >= 15 is 0 Å². The molecule has 0 saturated carbocycles. The predicted molar refractivity (Wildman–Crippen MR) is 141 cm³/mol. The zero-order chi connectivity index (χ0) is 25.4. The number of aromatic nitrogens is 1. The number of benzene rings is 2. The lowest BCUT2D eigenvalue weighted by Crippen LogP contribution is -2.50. The molecule has 0 aliphatic carbocycles. The van der Waals surface area contributed by atoms with Crippen LogP contribution in [-0.2, 0) is 11.3 Å². The van der Waals surface area contributed by atoms with Crippen LogP contribution in [0.2, 0.25) is 0 Å². The molecule has 2 aliphatic rings. The van der Waals surface area contributed by atoms with E-state index in [4.69, 9.17) is 0 Å². The Bertz CT molecular complexity index is 1370. The molecule has 1 atom stereocenters. The Morgan fingerprint density at radius 1 is 1.08 bits per heavy atom. The maximum absolute atomic E-state index is 13.8. The van der Waals surface area contributed by atoms with E-state index in [1.165, 1.54) is 0 Å². The van der Waals surface area contributed by atoms with Crippen LogP contribution in [0.4, 0.5) is 0 Å². The molecule has 3 aromatic rings. The zero-order valence-electron chi connectivity index (χ0n) is 21.1. The highest BCUT2D eigenvalue weighted by atomic mass is 16.2. The Balaban J connectivity index is 1.35. The van der Waals surface area contributed by atoms with Gasteiger partial charge in [0, 0.05) is 50.2 Å². The minimum atomic E-state index is -0.459. The van der Waals surface area contributed by atoms with Gasteiger partial charge in [0.15, 0.2) is 0 Å². The number of H-pyrrole nitrogens is 1. The molecule has 7 heteroatoms. The standard InChI is InChI=1S/C29H32N4O3/c1-4-8-26(33-18-22-9-5-6-11-23(22)27(33)34)29(36)32-14-7-10-21(17-32)19-12-13-20-16-25(28(35)31(2)3)30-24(20)15-19/h5-6,9-13,15-16,26,30H,4,7-8,14,17-18H2,1-3H3/t26-/m0/s1. The lowest BCUT2D eigenvalue weighted by Gasteiger charge is -2.34. The van der Waals surface area contributed by atoms with Gasteiger partial charge < -0.3 is 19.7 Å². The van der Waals surface area contributed by atoms with E-state index in [1.54, 1.807) is 23.9 Å². The van der Waals surface area contributed by atoms with Gasteiger partial charge in [-0.25, -0.2) is 0 Å². The van der Waals surface area contributed by atoms with E-state index in [-0.39, 0.29) is 17.7 Å². The summed E-state index contributed by atoms with van der Waals surface area (Å²) in [5.41, 5.74) is 5.26. The minimum Gasteiger partial charge on any atom is -0.351 e. The van der Waals surface area contributed by atoms with Gasteiger partial charge in [0.2, 0.25) is 5.91 Å². The SMILES string of the molecule is CCC[C@@H](C(=O)N1CCC=C(c2ccc3cc(C(=O)N(C)C)[nH]c3c2)C1)N1Cc2ccccc2C1=O. The Morgan fingerprint density at radius 3 is 2.64 bits per heavy atom. The number of aromatic amines is 1.